The van der Waals surface area contributed by atoms with Crippen LogP contribution in [0.5, 0.6) is 0 Å². The molecule has 0 N–H and O–H groups in total. The molecule has 0 fully saturated rings. The van der Waals surface area contributed by atoms with Crippen molar-refractivity contribution in [3.63, 3.8) is 0 Å². The monoisotopic (exact) mass is 412 g/mol. The molecule has 0 aliphatic heterocycles. The van der Waals surface area contributed by atoms with Gasteiger partial charge in [0.1, 0.15) is 12.2 Å². The molecule has 0 amide bonds. The van der Waals surface area contributed by atoms with Gasteiger partial charge < -0.3 is 9.47 Å². The van der Waals surface area contributed by atoms with Gasteiger partial charge in [-0.05, 0) is 35.5 Å². The van der Waals surface area contributed by atoms with Crippen molar-refractivity contribution in [2.45, 2.75) is 94.3 Å². The van der Waals surface area contributed by atoms with E-state index in [1.54, 1.807) is 0 Å². The van der Waals surface area contributed by atoms with Gasteiger partial charge in [0.15, 0.2) is 0 Å². The summed E-state index contributed by atoms with van der Waals surface area (Å²) >= 11 is 10.4. The maximum Gasteiger partial charge on any atom is 0.404 e. The van der Waals surface area contributed by atoms with Gasteiger partial charge in [-0.1, -0.05) is 69.2 Å². The van der Waals surface area contributed by atoms with Crippen LogP contribution in [0.1, 0.15) is 82.1 Å². The normalized spacial score (nSPS) is 14.4. The van der Waals surface area contributed by atoms with Crippen LogP contribution in [0, 0.1) is 22.7 Å². The minimum absolute atomic E-state index is 0.0543. The highest BCUT2D eigenvalue weighted by molar-refractivity contribution is 6.61. The third kappa shape index (κ3) is 12.0. The zero-order valence-corrected chi connectivity index (χ0v) is 19.6. The molecule has 4 nitrogen and oxygen atoms in total. The highest BCUT2D eigenvalue weighted by Gasteiger charge is 2.33. The third-order valence-corrected chi connectivity index (χ3v) is 4.41. The van der Waals surface area contributed by atoms with E-state index in [1.165, 1.54) is 0 Å². The molecule has 0 spiro atoms. The Balaban J connectivity index is 0. The first-order valence-electron chi connectivity index (χ1n) is 9.30. The summed E-state index contributed by atoms with van der Waals surface area (Å²) in [6.45, 7) is 20.5. The van der Waals surface area contributed by atoms with Crippen LogP contribution in [0.2, 0.25) is 0 Å². The molecule has 0 aromatic heterocycles. The summed E-state index contributed by atoms with van der Waals surface area (Å²) < 4.78 is 10.2. The SMILES string of the molecule is CC(C)C(OC(=O)Cl)C(C)(C)C.CCC(CC)C(OC(=O)Cl)C(C)(C)C. The van der Waals surface area contributed by atoms with Crippen molar-refractivity contribution in [3.05, 3.63) is 0 Å². The molecule has 0 bridgehead atoms. The second-order valence-corrected chi connectivity index (χ2v) is 9.72. The van der Waals surface area contributed by atoms with Crippen LogP contribution in [0.25, 0.3) is 0 Å². The Hall–Kier alpha value is -0.480. The molecule has 0 aromatic rings. The summed E-state index contributed by atoms with van der Waals surface area (Å²) in [5.74, 6) is 0.672. The molecule has 26 heavy (non-hydrogen) atoms. The highest BCUT2D eigenvalue weighted by atomic mass is 35.5. The van der Waals surface area contributed by atoms with E-state index in [1.807, 2.05) is 34.6 Å². The van der Waals surface area contributed by atoms with Gasteiger partial charge in [-0.15, -0.1) is 0 Å². The van der Waals surface area contributed by atoms with Crippen molar-refractivity contribution in [1.29, 1.82) is 0 Å². The Kier molecular flexibility index (Phi) is 12.9. The van der Waals surface area contributed by atoms with E-state index in [9.17, 15) is 9.59 Å². The van der Waals surface area contributed by atoms with E-state index in [2.05, 4.69) is 34.6 Å². The minimum Gasteiger partial charge on any atom is -0.450 e. The van der Waals surface area contributed by atoms with Crippen LogP contribution < -0.4 is 0 Å². The first-order chi connectivity index (χ1) is 11.6. The molecule has 0 aliphatic rings. The molecule has 2 unspecified atom stereocenters. The van der Waals surface area contributed by atoms with Gasteiger partial charge in [0, 0.05) is 23.2 Å². The summed E-state index contributed by atoms with van der Waals surface area (Å²) in [7, 11) is 0. The van der Waals surface area contributed by atoms with Gasteiger partial charge in [-0.3, -0.25) is 0 Å². The molecule has 156 valence electrons. The highest BCUT2D eigenvalue weighted by Crippen LogP contribution is 2.32. The molecule has 0 saturated heterocycles. The Morgan fingerprint density at radius 3 is 1.23 bits per heavy atom. The number of halogens is 2. The quantitative estimate of drug-likeness (QED) is 0.420. The molecule has 0 aliphatic carbocycles. The summed E-state index contributed by atoms with van der Waals surface area (Å²) in [6.07, 6.45) is 1.79. The predicted octanol–water partition coefficient (Wildman–Crippen LogP) is 7.65. The number of rotatable bonds is 6. The van der Waals surface area contributed by atoms with Gasteiger partial charge >= 0.3 is 10.9 Å². The summed E-state index contributed by atoms with van der Waals surface area (Å²) in [5, 5.41) is 0. The number of hydrogen-bond acceptors (Lipinski definition) is 4. The summed E-state index contributed by atoms with van der Waals surface area (Å²) in [6, 6.07) is 0. The van der Waals surface area contributed by atoms with Crippen molar-refractivity contribution >= 4 is 34.1 Å². The largest absolute Gasteiger partial charge is 0.450 e. The first kappa shape index (κ1) is 27.7. The molecule has 0 aromatic carbocycles. The van der Waals surface area contributed by atoms with Crippen molar-refractivity contribution in [1.82, 2.24) is 0 Å². The lowest BCUT2D eigenvalue weighted by Crippen LogP contribution is -2.36. The van der Waals surface area contributed by atoms with Crippen LogP contribution in [0.4, 0.5) is 9.59 Å². The fourth-order valence-electron chi connectivity index (χ4n) is 3.21. The van der Waals surface area contributed by atoms with E-state index in [0.717, 1.165) is 12.8 Å². The number of hydrogen-bond donors (Lipinski definition) is 0. The molecule has 0 saturated carbocycles. The van der Waals surface area contributed by atoms with Crippen LogP contribution in [0.3, 0.4) is 0 Å². The van der Waals surface area contributed by atoms with Crippen molar-refractivity contribution in [3.8, 4) is 0 Å². The third-order valence-electron chi connectivity index (χ3n) is 4.23. The van der Waals surface area contributed by atoms with Crippen molar-refractivity contribution < 1.29 is 19.1 Å². The van der Waals surface area contributed by atoms with Gasteiger partial charge in [0.25, 0.3) is 0 Å². The Morgan fingerprint density at radius 2 is 1.08 bits per heavy atom. The topological polar surface area (TPSA) is 52.6 Å². The zero-order chi connectivity index (χ0) is 21.3. The summed E-state index contributed by atoms with van der Waals surface area (Å²) in [4.78, 5) is 21.3. The number of carbonyl (C=O) groups is 2. The maximum atomic E-state index is 10.8. The molecule has 0 radical (unpaired) electrons. The van der Waals surface area contributed by atoms with E-state index in [-0.39, 0.29) is 29.0 Å². The van der Waals surface area contributed by atoms with Crippen molar-refractivity contribution in [2.75, 3.05) is 0 Å². The molecular formula is C20H38Cl2O4. The van der Waals surface area contributed by atoms with E-state index in [0.29, 0.717) is 5.92 Å². The smallest absolute Gasteiger partial charge is 0.404 e. The lowest BCUT2D eigenvalue weighted by molar-refractivity contribution is 0.00141. The van der Waals surface area contributed by atoms with Crippen LogP contribution in [-0.2, 0) is 9.47 Å². The average molecular weight is 413 g/mol. The van der Waals surface area contributed by atoms with E-state index < -0.39 is 10.9 Å². The van der Waals surface area contributed by atoms with Crippen LogP contribution in [0.15, 0.2) is 0 Å². The number of ether oxygens (including phenoxy) is 2. The predicted molar refractivity (Wildman–Crippen MR) is 110 cm³/mol. The second kappa shape index (κ2) is 12.1. The fraction of sp³-hybridized carbons (Fsp3) is 0.900. The molecule has 6 heteroatoms. The molecule has 0 heterocycles. The van der Waals surface area contributed by atoms with E-state index in [4.69, 9.17) is 32.7 Å². The Morgan fingerprint density at radius 1 is 0.769 bits per heavy atom. The molecular weight excluding hydrogens is 375 g/mol. The Labute approximate surface area is 170 Å². The lowest BCUT2D eigenvalue weighted by Gasteiger charge is -2.35. The second-order valence-electron chi connectivity index (χ2n) is 9.10. The Bertz CT molecular complexity index is 419. The van der Waals surface area contributed by atoms with Gasteiger partial charge in [0.2, 0.25) is 0 Å². The summed E-state index contributed by atoms with van der Waals surface area (Å²) in [5.41, 5.74) is -1.53. The maximum absolute atomic E-state index is 10.8. The van der Waals surface area contributed by atoms with Gasteiger partial charge in [-0.25, -0.2) is 9.59 Å². The standard InChI is InChI=1S/C11H21ClO2.C9H17ClO2/c1-6-8(7-2)9(11(3,4)5)14-10(12)13;1-6(2)7(9(3,4)5)12-8(10)11/h8-9H,6-7H2,1-5H3;6-7H,1-5H3. The van der Waals surface area contributed by atoms with Gasteiger partial charge in [0.05, 0.1) is 0 Å². The zero-order valence-electron chi connectivity index (χ0n) is 18.1. The van der Waals surface area contributed by atoms with Crippen molar-refractivity contribution in [2.24, 2.45) is 22.7 Å². The fourth-order valence-corrected chi connectivity index (χ4v) is 3.40. The lowest BCUT2D eigenvalue weighted by atomic mass is 9.79. The van der Waals surface area contributed by atoms with Crippen LogP contribution >= 0.6 is 23.2 Å². The molecule has 2 atom stereocenters. The first-order valence-corrected chi connectivity index (χ1v) is 10.1. The minimum atomic E-state index is -0.719. The van der Waals surface area contributed by atoms with Crippen LogP contribution in [-0.4, -0.2) is 23.1 Å². The number of carbonyl (C=O) groups excluding carboxylic acids is 2. The molecule has 0 rings (SSSR count). The average Bonchev–Trinajstić information content (AvgIpc) is 2.42. The van der Waals surface area contributed by atoms with E-state index >= 15 is 0 Å². The van der Waals surface area contributed by atoms with Gasteiger partial charge in [-0.2, -0.15) is 0 Å².